The lowest BCUT2D eigenvalue weighted by Gasteiger charge is -2.39. The van der Waals surface area contributed by atoms with E-state index in [1.54, 1.807) is 0 Å². The molecule has 4 nitrogen and oxygen atoms in total. The van der Waals surface area contributed by atoms with Crippen LogP contribution in [0.2, 0.25) is 0 Å². The Morgan fingerprint density at radius 3 is 1.37 bits per heavy atom. The first kappa shape index (κ1) is 26.0. The fourth-order valence-corrected chi connectivity index (χ4v) is 1.78. The molecular weight excluding hydrogens is 449 g/mol. The molecule has 0 unspecified atom stereocenters. The topological polar surface area (TPSA) is 69.4 Å². The van der Waals surface area contributed by atoms with Gasteiger partial charge in [0, 0.05) is 6.42 Å². The largest absolute Gasteiger partial charge is 0.460 e. The second-order valence-electron chi connectivity index (χ2n) is 4.92. The minimum Gasteiger partial charge on any atom is -0.258 e. The van der Waals surface area contributed by atoms with Crippen molar-refractivity contribution >= 4 is 10.3 Å². The van der Waals surface area contributed by atoms with E-state index >= 15 is 0 Å². The molecule has 18 heteroatoms. The lowest BCUT2D eigenvalue weighted by molar-refractivity contribution is -0.440. The van der Waals surface area contributed by atoms with Gasteiger partial charge in [-0.2, -0.15) is 65.5 Å². The molecule has 0 rings (SSSR count). The first-order valence-corrected chi connectivity index (χ1v) is 7.56. The Balaban J connectivity index is 5.74. The number of alkyl halides is 13. The molecule has 2 N–H and O–H groups in total. The Bertz CT molecular complexity index is 627. The third kappa shape index (κ3) is 4.69. The van der Waals surface area contributed by atoms with Gasteiger partial charge in [-0.1, -0.05) is 0 Å². The van der Waals surface area contributed by atoms with Gasteiger partial charge in [0.25, 0.3) is 0 Å². The zero-order valence-electron chi connectivity index (χ0n) is 12.2. The average molecular weight is 457 g/mol. The fourth-order valence-electron chi connectivity index (χ4n) is 1.43. The highest BCUT2D eigenvalue weighted by Gasteiger charge is 2.90. The maximum absolute atomic E-state index is 13.2. The summed E-state index contributed by atoms with van der Waals surface area (Å²) in [5, 5.41) is 4.19. The monoisotopic (exact) mass is 457 g/mol. The maximum atomic E-state index is 13.2. The van der Waals surface area contributed by atoms with Crippen LogP contribution in [0.5, 0.6) is 0 Å². The molecular formula is C9H8F13NO3S. The van der Waals surface area contributed by atoms with Crippen molar-refractivity contribution in [1.29, 1.82) is 0 Å². The Kier molecular flexibility index (Phi) is 6.82. The van der Waals surface area contributed by atoms with Crippen LogP contribution < -0.4 is 5.14 Å². The summed E-state index contributed by atoms with van der Waals surface area (Å²) in [5.41, 5.74) is 0. The van der Waals surface area contributed by atoms with Gasteiger partial charge < -0.3 is 0 Å². The molecule has 0 saturated carbocycles. The normalized spacial score (nSPS) is 15.9. The summed E-state index contributed by atoms with van der Waals surface area (Å²) in [5.74, 6) is -37.3. The van der Waals surface area contributed by atoms with Crippen LogP contribution in [-0.4, -0.2) is 50.8 Å². The second kappa shape index (κ2) is 7.09. The van der Waals surface area contributed by atoms with E-state index in [0.717, 1.165) is 0 Å². The Morgan fingerprint density at radius 2 is 1.04 bits per heavy atom. The first-order chi connectivity index (χ1) is 11.5. The molecule has 0 radical (unpaired) electrons. The molecule has 0 spiro atoms. The molecule has 0 atom stereocenters. The number of hydrogen-bond donors (Lipinski definition) is 1. The summed E-state index contributed by atoms with van der Waals surface area (Å²) in [4.78, 5) is 0. The van der Waals surface area contributed by atoms with Gasteiger partial charge in [0.05, 0.1) is 6.61 Å². The van der Waals surface area contributed by atoms with E-state index in [1.165, 1.54) is 0 Å². The second-order valence-corrected chi connectivity index (χ2v) is 6.14. The molecule has 27 heavy (non-hydrogen) atoms. The highest BCUT2D eigenvalue weighted by Crippen LogP contribution is 2.60. The molecule has 0 aromatic rings. The van der Waals surface area contributed by atoms with Crippen LogP contribution in [0, 0.1) is 0 Å². The van der Waals surface area contributed by atoms with Gasteiger partial charge in [-0.05, 0) is 6.42 Å². The predicted molar refractivity (Wildman–Crippen MR) is 59.1 cm³/mol. The summed E-state index contributed by atoms with van der Waals surface area (Å²) < 4.78 is 189. The van der Waals surface area contributed by atoms with E-state index in [4.69, 9.17) is 0 Å². The van der Waals surface area contributed by atoms with Crippen molar-refractivity contribution in [1.82, 2.24) is 0 Å². The van der Waals surface area contributed by atoms with Gasteiger partial charge in [0.15, 0.2) is 0 Å². The van der Waals surface area contributed by atoms with Gasteiger partial charge in [-0.15, -0.1) is 0 Å². The summed E-state index contributed by atoms with van der Waals surface area (Å²) in [6, 6.07) is 0. The minimum absolute atomic E-state index is 1.44. The van der Waals surface area contributed by atoms with Crippen molar-refractivity contribution < 1.29 is 69.7 Å². The van der Waals surface area contributed by atoms with E-state index in [9.17, 15) is 65.5 Å². The number of halogens is 13. The van der Waals surface area contributed by atoms with Crippen LogP contribution in [0.3, 0.4) is 0 Å². The van der Waals surface area contributed by atoms with Gasteiger partial charge in [-0.25, -0.2) is 5.14 Å². The maximum Gasteiger partial charge on any atom is 0.460 e. The van der Waals surface area contributed by atoms with Gasteiger partial charge in [-0.3, -0.25) is 4.18 Å². The molecule has 0 fully saturated rings. The van der Waals surface area contributed by atoms with Crippen LogP contribution in [0.15, 0.2) is 0 Å². The predicted octanol–water partition coefficient (Wildman–Crippen LogP) is 3.73. The molecule has 0 aliphatic heterocycles. The highest BCUT2D eigenvalue weighted by molar-refractivity contribution is 7.84. The average Bonchev–Trinajstić information content (AvgIpc) is 2.40. The van der Waals surface area contributed by atoms with Crippen LogP contribution in [0.4, 0.5) is 57.1 Å². The Hall–Kier alpha value is -1.04. The quantitative estimate of drug-likeness (QED) is 0.424. The summed E-state index contributed by atoms with van der Waals surface area (Å²) >= 11 is 0. The number of hydrogen-bond acceptors (Lipinski definition) is 3. The molecule has 0 amide bonds. The fraction of sp³-hybridized carbons (Fsp3) is 1.00. The van der Waals surface area contributed by atoms with Gasteiger partial charge in [0.2, 0.25) is 0 Å². The summed E-state index contributed by atoms with van der Waals surface area (Å²) in [6.07, 6.45) is -11.6. The van der Waals surface area contributed by atoms with Crippen molar-refractivity contribution in [3.63, 3.8) is 0 Å². The van der Waals surface area contributed by atoms with Crippen molar-refractivity contribution in [2.45, 2.75) is 48.6 Å². The zero-order valence-corrected chi connectivity index (χ0v) is 13.1. The molecule has 164 valence electrons. The van der Waals surface area contributed by atoms with Gasteiger partial charge in [0.1, 0.15) is 0 Å². The standard InChI is InChI=1S/C9H8F13NO3S/c10-4(11,2-1-3-26-27(23,24)25)5(12,13)6(14,15)7(16,17)8(18,19)9(20,21)22/h1-3H2,(H2,23,24,25). The van der Waals surface area contributed by atoms with Crippen molar-refractivity contribution in [3.05, 3.63) is 0 Å². The van der Waals surface area contributed by atoms with E-state index in [0.29, 0.717) is 0 Å². The molecule has 0 heterocycles. The molecule has 0 aliphatic carbocycles. The molecule has 0 bridgehead atoms. The lowest BCUT2D eigenvalue weighted by atomic mass is 9.92. The number of rotatable bonds is 9. The third-order valence-electron chi connectivity index (χ3n) is 2.88. The van der Waals surface area contributed by atoms with Crippen LogP contribution in [0.25, 0.3) is 0 Å². The third-order valence-corrected chi connectivity index (χ3v) is 3.38. The van der Waals surface area contributed by atoms with Crippen molar-refractivity contribution in [3.8, 4) is 0 Å². The van der Waals surface area contributed by atoms with E-state index in [1.807, 2.05) is 0 Å². The zero-order chi connectivity index (χ0) is 22.3. The highest BCUT2D eigenvalue weighted by atomic mass is 32.2. The first-order valence-electron chi connectivity index (χ1n) is 6.08. The minimum atomic E-state index is -7.97. The van der Waals surface area contributed by atoms with Crippen molar-refractivity contribution in [2.24, 2.45) is 5.14 Å². The Labute approximate surface area is 141 Å². The van der Waals surface area contributed by atoms with E-state index in [2.05, 4.69) is 9.32 Å². The molecule has 0 aromatic heterocycles. The summed E-state index contributed by atoms with van der Waals surface area (Å²) in [7, 11) is -4.79. The van der Waals surface area contributed by atoms with E-state index < -0.39 is 65.5 Å². The van der Waals surface area contributed by atoms with Crippen LogP contribution in [0.1, 0.15) is 12.8 Å². The molecule has 0 saturated heterocycles. The SMILES string of the molecule is NS(=O)(=O)OCCCC(F)(F)C(F)(F)C(F)(F)C(F)(F)C(F)(F)C(F)(F)F. The summed E-state index contributed by atoms with van der Waals surface area (Å²) in [6.45, 7) is -1.44. The molecule has 0 aromatic carbocycles. The lowest BCUT2D eigenvalue weighted by Crippen LogP contribution is -2.70. The number of nitrogens with two attached hydrogens (primary N) is 1. The smallest absolute Gasteiger partial charge is 0.258 e. The van der Waals surface area contributed by atoms with E-state index in [-0.39, 0.29) is 0 Å². The van der Waals surface area contributed by atoms with Crippen LogP contribution >= 0.6 is 0 Å². The van der Waals surface area contributed by atoms with Crippen LogP contribution in [-0.2, 0) is 14.5 Å². The van der Waals surface area contributed by atoms with Gasteiger partial charge >= 0.3 is 46.1 Å². The molecule has 0 aliphatic rings. The van der Waals surface area contributed by atoms with Crippen molar-refractivity contribution in [2.75, 3.05) is 6.61 Å². The Morgan fingerprint density at radius 1 is 0.667 bits per heavy atom.